The highest BCUT2D eigenvalue weighted by atomic mass is 16.2. The second kappa shape index (κ2) is 7.53. The molecule has 0 bridgehead atoms. The monoisotopic (exact) mass is 373 g/mol. The zero-order valence-corrected chi connectivity index (χ0v) is 17.2. The van der Waals surface area contributed by atoms with Crippen molar-refractivity contribution in [3.8, 4) is 0 Å². The molecule has 1 saturated carbocycles. The van der Waals surface area contributed by atoms with Crippen LogP contribution in [0.15, 0.2) is 6.33 Å². The minimum Gasteiger partial charge on any atom is -0.342 e. The van der Waals surface area contributed by atoms with Crippen LogP contribution in [-0.2, 0) is 11.8 Å². The van der Waals surface area contributed by atoms with Crippen molar-refractivity contribution in [3.05, 3.63) is 12.2 Å². The molecule has 4 rings (SSSR count). The predicted molar refractivity (Wildman–Crippen MR) is 105 cm³/mol. The number of piperidine rings is 1. The summed E-state index contributed by atoms with van der Waals surface area (Å²) in [5.74, 6) is 2.25. The van der Waals surface area contributed by atoms with Crippen LogP contribution in [-0.4, -0.2) is 62.7 Å². The van der Waals surface area contributed by atoms with Gasteiger partial charge in [0.15, 0.2) is 0 Å². The van der Waals surface area contributed by atoms with Gasteiger partial charge in [0.1, 0.15) is 12.2 Å². The van der Waals surface area contributed by atoms with Gasteiger partial charge < -0.3 is 9.47 Å². The van der Waals surface area contributed by atoms with Crippen molar-refractivity contribution in [2.45, 2.75) is 70.8 Å². The smallest absolute Gasteiger partial charge is 0.225 e. The van der Waals surface area contributed by atoms with Crippen LogP contribution in [0, 0.1) is 11.3 Å². The highest BCUT2D eigenvalue weighted by Crippen LogP contribution is 2.50. The van der Waals surface area contributed by atoms with Crippen LogP contribution < -0.4 is 0 Å². The molecular formula is C21H35N5O. The minimum absolute atomic E-state index is 0.231. The summed E-state index contributed by atoms with van der Waals surface area (Å²) < 4.78 is 2.09. The molecule has 1 amide bonds. The van der Waals surface area contributed by atoms with Crippen LogP contribution in [0.2, 0.25) is 0 Å². The van der Waals surface area contributed by atoms with Gasteiger partial charge in [0.25, 0.3) is 0 Å². The van der Waals surface area contributed by atoms with E-state index < -0.39 is 0 Å². The second-order valence-electron chi connectivity index (χ2n) is 9.40. The number of aryl methyl sites for hydroxylation is 1. The first-order valence-electron chi connectivity index (χ1n) is 10.9. The van der Waals surface area contributed by atoms with Crippen molar-refractivity contribution in [2.24, 2.45) is 18.4 Å². The Bertz CT molecular complexity index is 655. The average Bonchev–Trinajstić information content (AvgIpc) is 3.26. The molecule has 1 aliphatic carbocycles. The fourth-order valence-corrected chi connectivity index (χ4v) is 5.65. The Balaban J connectivity index is 1.48. The molecule has 1 unspecified atom stereocenters. The first-order valence-corrected chi connectivity index (χ1v) is 10.9. The van der Waals surface area contributed by atoms with Crippen LogP contribution >= 0.6 is 0 Å². The molecule has 0 radical (unpaired) electrons. The molecule has 3 aliphatic rings. The molecule has 27 heavy (non-hydrogen) atoms. The number of likely N-dealkylation sites (tertiary alicyclic amines) is 2. The number of nitrogens with zero attached hydrogens (tertiary/aromatic N) is 5. The number of carbonyl (C=O) groups is 1. The Hall–Kier alpha value is -1.43. The summed E-state index contributed by atoms with van der Waals surface area (Å²) in [7, 11) is 2.06. The van der Waals surface area contributed by atoms with Crippen molar-refractivity contribution in [2.75, 3.05) is 26.2 Å². The van der Waals surface area contributed by atoms with Gasteiger partial charge in [-0.1, -0.05) is 19.3 Å². The number of aromatic nitrogens is 3. The van der Waals surface area contributed by atoms with Gasteiger partial charge in [-0.2, -0.15) is 0 Å². The Morgan fingerprint density at radius 3 is 2.48 bits per heavy atom. The van der Waals surface area contributed by atoms with Crippen molar-refractivity contribution in [1.29, 1.82) is 0 Å². The van der Waals surface area contributed by atoms with E-state index in [1.807, 2.05) is 6.33 Å². The summed E-state index contributed by atoms with van der Waals surface area (Å²) in [6.45, 7) is 8.57. The third kappa shape index (κ3) is 3.53. The number of amides is 1. The molecule has 1 aromatic heterocycles. The van der Waals surface area contributed by atoms with Gasteiger partial charge in [-0.05, 0) is 44.9 Å². The summed E-state index contributed by atoms with van der Waals surface area (Å²) in [4.78, 5) is 17.8. The quantitative estimate of drug-likeness (QED) is 0.818. The molecule has 6 heteroatoms. The molecule has 3 fully saturated rings. The Morgan fingerprint density at radius 2 is 1.89 bits per heavy atom. The van der Waals surface area contributed by atoms with Gasteiger partial charge in [-0.3, -0.25) is 9.69 Å². The molecule has 1 atom stereocenters. The summed E-state index contributed by atoms with van der Waals surface area (Å²) in [6.07, 6.45) is 9.96. The minimum atomic E-state index is 0.231. The Labute approximate surface area is 163 Å². The molecule has 2 aliphatic heterocycles. The van der Waals surface area contributed by atoms with Gasteiger partial charge in [-0.15, -0.1) is 10.2 Å². The third-order valence-electron chi connectivity index (χ3n) is 7.49. The normalized spacial score (nSPS) is 27.0. The third-order valence-corrected chi connectivity index (χ3v) is 7.49. The predicted octanol–water partition coefficient (Wildman–Crippen LogP) is 2.81. The van der Waals surface area contributed by atoms with Crippen molar-refractivity contribution in [1.82, 2.24) is 24.6 Å². The van der Waals surface area contributed by atoms with Crippen LogP contribution in [0.4, 0.5) is 0 Å². The van der Waals surface area contributed by atoms with Crippen LogP contribution in [0.1, 0.15) is 70.5 Å². The summed E-state index contributed by atoms with van der Waals surface area (Å²) >= 11 is 0. The van der Waals surface area contributed by atoms with Crippen LogP contribution in [0.25, 0.3) is 0 Å². The number of hydrogen-bond acceptors (Lipinski definition) is 4. The molecule has 2 saturated heterocycles. The highest BCUT2D eigenvalue weighted by molar-refractivity contribution is 5.79. The molecule has 150 valence electrons. The van der Waals surface area contributed by atoms with Crippen molar-refractivity contribution in [3.63, 3.8) is 0 Å². The topological polar surface area (TPSA) is 54.3 Å². The Morgan fingerprint density at radius 1 is 1.19 bits per heavy atom. The lowest BCUT2D eigenvalue weighted by Gasteiger charge is -2.43. The maximum atomic E-state index is 13.0. The SMILES string of the molecule is CC(C)N1CC(c2nncn2C)C2(CCN(C(=O)C3CCCCC3)CC2)C1. The zero-order chi connectivity index (χ0) is 19.0. The summed E-state index contributed by atoms with van der Waals surface area (Å²) in [5.41, 5.74) is 0.231. The standard InChI is InChI=1S/C21H35N5O/c1-16(2)26-13-18(19-23-22-15-24(19)3)21(14-26)9-11-25(12-10-21)20(27)17-7-5-4-6-8-17/h15-18H,4-14H2,1-3H3. The summed E-state index contributed by atoms with van der Waals surface area (Å²) in [6, 6.07) is 0.544. The van der Waals surface area contributed by atoms with Crippen LogP contribution in [0.5, 0.6) is 0 Å². The first-order chi connectivity index (χ1) is 13.0. The van der Waals surface area contributed by atoms with Gasteiger partial charge in [0, 0.05) is 51.1 Å². The molecule has 0 N–H and O–H groups in total. The van der Waals surface area contributed by atoms with Gasteiger partial charge in [-0.25, -0.2) is 0 Å². The molecule has 6 nitrogen and oxygen atoms in total. The van der Waals surface area contributed by atoms with E-state index in [1.54, 1.807) is 0 Å². The Kier molecular flexibility index (Phi) is 5.28. The van der Waals surface area contributed by atoms with Crippen molar-refractivity contribution < 1.29 is 4.79 Å². The van der Waals surface area contributed by atoms with Gasteiger partial charge in [0.05, 0.1) is 0 Å². The number of carbonyl (C=O) groups excluding carboxylic acids is 1. The largest absolute Gasteiger partial charge is 0.342 e. The van der Waals surface area contributed by atoms with E-state index in [0.717, 1.165) is 57.7 Å². The molecule has 0 aromatic carbocycles. The van der Waals surface area contributed by atoms with Crippen LogP contribution in [0.3, 0.4) is 0 Å². The lowest BCUT2D eigenvalue weighted by atomic mass is 9.70. The van der Waals surface area contributed by atoms with E-state index in [2.05, 4.69) is 45.5 Å². The fourth-order valence-electron chi connectivity index (χ4n) is 5.65. The van der Waals surface area contributed by atoms with E-state index in [-0.39, 0.29) is 11.3 Å². The lowest BCUT2D eigenvalue weighted by Crippen LogP contribution is -2.48. The fraction of sp³-hybridized carbons (Fsp3) is 0.857. The highest BCUT2D eigenvalue weighted by Gasteiger charge is 2.51. The first kappa shape index (κ1) is 18.9. The van der Waals surface area contributed by atoms with Crippen molar-refractivity contribution >= 4 is 5.91 Å². The van der Waals surface area contributed by atoms with E-state index in [4.69, 9.17) is 0 Å². The van der Waals surface area contributed by atoms with E-state index in [0.29, 0.717) is 17.9 Å². The molecule has 1 spiro atoms. The van der Waals surface area contributed by atoms with E-state index >= 15 is 0 Å². The number of hydrogen-bond donors (Lipinski definition) is 0. The summed E-state index contributed by atoms with van der Waals surface area (Å²) in [5, 5.41) is 8.62. The van der Waals surface area contributed by atoms with E-state index in [9.17, 15) is 4.79 Å². The lowest BCUT2D eigenvalue weighted by molar-refractivity contribution is -0.139. The number of rotatable bonds is 3. The maximum absolute atomic E-state index is 13.0. The van der Waals surface area contributed by atoms with Gasteiger partial charge in [0.2, 0.25) is 5.91 Å². The molecule has 3 heterocycles. The average molecular weight is 374 g/mol. The van der Waals surface area contributed by atoms with E-state index in [1.165, 1.54) is 19.3 Å². The molecule has 1 aromatic rings. The van der Waals surface area contributed by atoms with Gasteiger partial charge >= 0.3 is 0 Å². The zero-order valence-electron chi connectivity index (χ0n) is 17.2. The molecular weight excluding hydrogens is 338 g/mol. The second-order valence-corrected chi connectivity index (χ2v) is 9.40. The maximum Gasteiger partial charge on any atom is 0.225 e.